The molecule has 0 spiro atoms. The van der Waals surface area contributed by atoms with E-state index in [0.717, 1.165) is 4.68 Å². The minimum atomic E-state index is -4.66. The highest BCUT2D eigenvalue weighted by atomic mass is 35.5. The summed E-state index contributed by atoms with van der Waals surface area (Å²) in [5.41, 5.74) is -1.32. The minimum Gasteiger partial charge on any atom is -0.368 e. The van der Waals surface area contributed by atoms with Gasteiger partial charge in [-0.2, -0.15) is 23.5 Å². The van der Waals surface area contributed by atoms with Gasteiger partial charge in [0.2, 0.25) is 0 Å². The van der Waals surface area contributed by atoms with E-state index in [0.29, 0.717) is 17.9 Å². The van der Waals surface area contributed by atoms with Gasteiger partial charge in [-0.05, 0) is 12.1 Å². The molecule has 0 bridgehead atoms. The van der Waals surface area contributed by atoms with Gasteiger partial charge >= 0.3 is 6.18 Å². The van der Waals surface area contributed by atoms with Crippen molar-refractivity contribution in [3.63, 3.8) is 0 Å². The lowest BCUT2D eigenvalue weighted by Crippen LogP contribution is -2.16. The summed E-state index contributed by atoms with van der Waals surface area (Å²) in [5.74, 6) is 0.971. The molecule has 2 unspecified atom stereocenters. The number of rotatable bonds is 8. The van der Waals surface area contributed by atoms with Crippen molar-refractivity contribution >= 4 is 50.6 Å². The summed E-state index contributed by atoms with van der Waals surface area (Å²) in [5, 5.41) is 15.7. The zero-order valence-electron chi connectivity index (χ0n) is 15.8. The molecule has 0 radical (unpaired) electrons. The van der Waals surface area contributed by atoms with Gasteiger partial charge in [0.15, 0.2) is 5.69 Å². The largest absolute Gasteiger partial charge is 0.416 e. The molecule has 0 saturated heterocycles. The van der Waals surface area contributed by atoms with E-state index < -0.39 is 33.3 Å². The first kappa shape index (κ1) is 24.7. The molecule has 1 aromatic heterocycles. The molecule has 1 aromatic carbocycles. The second-order valence-electron chi connectivity index (χ2n) is 5.83. The van der Waals surface area contributed by atoms with E-state index in [-0.39, 0.29) is 50.2 Å². The molecule has 2 rings (SSSR count). The van der Waals surface area contributed by atoms with E-state index in [1.165, 1.54) is 0 Å². The van der Waals surface area contributed by atoms with Crippen LogP contribution >= 0.6 is 23.2 Å². The fraction of sp³-hybridized carbons (Fsp3) is 0.412. The Kier molecular flexibility index (Phi) is 8.33. The average Bonchev–Trinajstić information content (AvgIpc) is 3.04. The van der Waals surface area contributed by atoms with Crippen LogP contribution in [-0.4, -0.2) is 42.0 Å². The van der Waals surface area contributed by atoms with E-state index >= 15 is 0 Å². The van der Waals surface area contributed by atoms with Gasteiger partial charge in [0.1, 0.15) is 22.5 Å². The number of anilines is 1. The average molecular weight is 501 g/mol. The lowest BCUT2D eigenvalue weighted by molar-refractivity contribution is -0.137. The summed E-state index contributed by atoms with van der Waals surface area (Å²) in [7, 11) is -2.72. The molecule has 13 heteroatoms. The van der Waals surface area contributed by atoms with Crippen molar-refractivity contribution in [3.8, 4) is 11.8 Å². The summed E-state index contributed by atoms with van der Waals surface area (Å²) in [6, 6.07) is 3.23. The summed E-state index contributed by atoms with van der Waals surface area (Å²) in [4.78, 5) is 0.0781. The summed E-state index contributed by atoms with van der Waals surface area (Å²) >= 11 is 12.2. The van der Waals surface area contributed by atoms with E-state index in [4.69, 9.17) is 23.2 Å². The van der Waals surface area contributed by atoms with Gasteiger partial charge in [-0.25, -0.2) is 4.68 Å². The van der Waals surface area contributed by atoms with E-state index in [9.17, 15) is 26.9 Å². The number of nitrogens with one attached hydrogen (secondary N) is 1. The van der Waals surface area contributed by atoms with Crippen molar-refractivity contribution in [1.29, 1.82) is 5.26 Å². The van der Waals surface area contributed by atoms with Gasteiger partial charge in [-0.3, -0.25) is 8.42 Å². The highest BCUT2D eigenvalue weighted by molar-refractivity contribution is 7.85. The second kappa shape index (κ2) is 10.1. The first-order valence-corrected chi connectivity index (χ1v) is 12.2. The Morgan fingerprint density at radius 2 is 1.80 bits per heavy atom. The normalized spacial score (nSPS) is 13.7. The SMILES string of the molecule is CCS(=O)CCNc1c(S(=O)CC)c(C#N)nn1-c1c(Cl)cc(C(F)(F)F)cc1Cl. The molecule has 6 nitrogen and oxygen atoms in total. The number of hydrogen-bond acceptors (Lipinski definition) is 5. The summed E-state index contributed by atoms with van der Waals surface area (Å²) < 4.78 is 64.5. The lowest BCUT2D eigenvalue weighted by Gasteiger charge is -2.15. The van der Waals surface area contributed by atoms with Gasteiger partial charge in [0.25, 0.3) is 0 Å². The smallest absolute Gasteiger partial charge is 0.368 e. The Bertz CT molecular complexity index is 1010. The third kappa shape index (κ3) is 5.35. The molecule has 30 heavy (non-hydrogen) atoms. The number of aromatic nitrogens is 2. The van der Waals surface area contributed by atoms with Crippen molar-refractivity contribution in [1.82, 2.24) is 9.78 Å². The van der Waals surface area contributed by atoms with Crippen LogP contribution in [0.15, 0.2) is 17.0 Å². The van der Waals surface area contributed by atoms with Gasteiger partial charge in [-0.1, -0.05) is 37.0 Å². The zero-order chi connectivity index (χ0) is 22.6. The Labute approximate surface area is 186 Å². The van der Waals surface area contributed by atoms with Crippen LogP contribution < -0.4 is 5.32 Å². The lowest BCUT2D eigenvalue weighted by atomic mass is 10.2. The van der Waals surface area contributed by atoms with Crippen LogP contribution in [0.3, 0.4) is 0 Å². The Balaban J connectivity index is 2.67. The number of alkyl halides is 3. The quantitative estimate of drug-likeness (QED) is 0.580. The van der Waals surface area contributed by atoms with Crippen molar-refractivity contribution in [2.24, 2.45) is 0 Å². The highest BCUT2D eigenvalue weighted by Crippen LogP contribution is 2.39. The predicted octanol–water partition coefficient (Wildman–Crippen LogP) is 4.38. The molecule has 164 valence electrons. The first-order valence-electron chi connectivity index (χ1n) is 8.62. The van der Waals surface area contributed by atoms with Gasteiger partial charge < -0.3 is 5.32 Å². The van der Waals surface area contributed by atoms with E-state index in [2.05, 4.69) is 10.4 Å². The monoisotopic (exact) mass is 500 g/mol. The molecule has 0 aliphatic heterocycles. The third-order valence-electron chi connectivity index (χ3n) is 3.94. The van der Waals surface area contributed by atoms with Crippen LogP contribution in [0, 0.1) is 11.3 Å². The number of nitrogens with zero attached hydrogens (tertiary/aromatic N) is 3. The molecular weight excluding hydrogens is 484 g/mol. The van der Waals surface area contributed by atoms with Crippen LogP contribution in [0.1, 0.15) is 25.1 Å². The predicted molar refractivity (Wildman–Crippen MR) is 112 cm³/mol. The molecule has 0 fully saturated rings. The number of halogens is 5. The molecule has 1 heterocycles. The molecule has 2 atom stereocenters. The highest BCUT2D eigenvalue weighted by Gasteiger charge is 2.33. The van der Waals surface area contributed by atoms with Crippen LogP contribution in [0.4, 0.5) is 19.0 Å². The topological polar surface area (TPSA) is 87.8 Å². The fourth-order valence-electron chi connectivity index (χ4n) is 2.51. The van der Waals surface area contributed by atoms with Crippen LogP contribution in [0.2, 0.25) is 10.0 Å². The van der Waals surface area contributed by atoms with Crippen LogP contribution in [0.25, 0.3) is 5.69 Å². The number of nitriles is 1. The standard InChI is InChI=1S/C17H17Cl2F3N4O2S2/c1-3-29(27)6-5-24-16-15(30(28)4-2)13(9-23)25-26(16)14-11(18)7-10(8-12(14)19)17(20,21)22/h7-8,24H,3-6H2,1-2H3. The van der Waals surface area contributed by atoms with Gasteiger partial charge in [-0.15, -0.1) is 0 Å². The van der Waals surface area contributed by atoms with Gasteiger partial charge in [0.05, 0.1) is 26.4 Å². The zero-order valence-corrected chi connectivity index (χ0v) is 19.0. The molecule has 1 N–H and O–H groups in total. The fourth-order valence-corrected chi connectivity index (χ4v) is 4.74. The maximum absolute atomic E-state index is 13.0. The maximum atomic E-state index is 13.0. The van der Waals surface area contributed by atoms with Gasteiger partial charge in [0, 0.05) is 34.6 Å². The molecule has 0 saturated carbocycles. The molecular formula is C17H17Cl2F3N4O2S2. The van der Waals surface area contributed by atoms with Crippen molar-refractivity contribution in [2.45, 2.75) is 24.9 Å². The third-order valence-corrected chi connectivity index (χ3v) is 7.18. The Hall–Kier alpha value is -1.61. The van der Waals surface area contributed by atoms with Crippen molar-refractivity contribution in [3.05, 3.63) is 33.4 Å². The van der Waals surface area contributed by atoms with Crippen LogP contribution in [0.5, 0.6) is 0 Å². The molecule has 0 aliphatic carbocycles. The summed E-state index contributed by atoms with van der Waals surface area (Å²) in [6.07, 6.45) is -4.66. The molecule has 0 aliphatic rings. The summed E-state index contributed by atoms with van der Waals surface area (Å²) in [6.45, 7) is 3.58. The first-order chi connectivity index (χ1) is 14.0. The Morgan fingerprint density at radius 1 is 1.20 bits per heavy atom. The molecule has 0 amide bonds. The van der Waals surface area contributed by atoms with Crippen molar-refractivity contribution < 1.29 is 21.6 Å². The van der Waals surface area contributed by atoms with E-state index in [1.54, 1.807) is 13.8 Å². The van der Waals surface area contributed by atoms with Crippen molar-refractivity contribution in [2.75, 3.05) is 29.1 Å². The number of benzene rings is 1. The number of hydrogen-bond donors (Lipinski definition) is 1. The second-order valence-corrected chi connectivity index (χ2v) is 10.2. The Morgan fingerprint density at radius 3 is 2.27 bits per heavy atom. The van der Waals surface area contributed by atoms with Crippen LogP contribution in [-0.2, 0) is 27.8 Å². The molecule has 2 aromatic rings. The minimum absolute atomic E-state index is 0.0781. The van der Waals surface area contributed by atoms with E-state index in [1.807, 2.05) is 6.07 Å². The maximum Gasteiger partial charge on any atom is 0.416 e.